The lowest BCUT2D eigenvalue weighted by atomic mass is 9.88. The number of carbonyl (C=O) groups excluding carboxylic acids is 1. The quantitative estimate of drug-likeness (QED) is 0.508. The third kappa shape index (κ3) is 4.78. The summed E-state index contributed by atoms with van der Waals surface area (Å²) in [6, 6.07) is 16.2. The molecule has 0 radical (unpaired) electrons. The van der Waals surface area contributed by atoms with Crippen molar-refractivity contribution < 1.29 is 17.7 Å². The maximum atomic E-state index is 13.9. The largest absolute Gasteiger partial charge is 0.368 e. The molecule has 3 aromatic rings. The number of aryl methyl sites for hydroxylation is 4. The van der Waals surface area contributed by atoms with Crippen molar-refractivity contribution in [3.63, 3.8) is 0 Å². The van der Waals surface area contributed by atoms with Gasteiger partial charge in [0.25, 0.3) is 0 Å². The molecule has 0 bridgehead atoms. The van der Waals surface area contributed by atoms with Crippen molar-refractivity contribution in [2.24, 2.45) is 5.92 Å². The van der Waals surface area contributed by atoms with Gasteiger partial charge in [-0.1, -0.05) is 47.6 Å². The van der Waals surface area contributed by atoms with E-state index in [1.54, 1.807) is 13.8 Å². The smallest absolute Gasteiger partial charge is 0.248 e. The van der Waals surface area contributed by atoms with Crippen LogP contribution in [0.15, 0.2) is 57.9 Å². The summed E-state index contributed by atoms with van der Waals surface area (Å²) in [4.78, 5) is 18.3. The van der Waals surface area contributed by atoms with E-state index in [9.17, 15) is 13.2 Å². The summed E-state index contributed by atoms with van der Waals surface area (Å²) < 4.78 is 33.8. The molecule has 37 heavy (non-hydrogen) atoms. The highest BCUT2D eigenvalue weighted by atomic mass is 32.2. The van der Waals surface area contributed by atoms with Crippen LogP contribution in [-0.2, 0) is 14.8 Å². The van der Waals surface area contributed by atoms with Gasteiger partial charge in [-0.3, -0.25) is 4.79 Å². The molecule has 2 fully saturated rings. The Morgan fingerprint density at radius 3 is 2.30 bits per heavy atom. The van der Waals surface area contributed by atoms with Gasteiger partial charge in [-0.25, -0.2) is 8.42 Å². The number of hydrogen-bond donors (Lipinski definition) is 0. The summed E-state index contributed by atoms with van der Waals surface area (Å²) in [5.41, 5.74) is 4.98. The predicted octanol–water partition coefficient (Wildman–Crippen LogP) is 3.66. The number of amides is 1. The minimum Gasteiger partial charge on any atom is -0.368 e. The Kier molecular flexibility index (Phi) is 6.85. The van der Waals surface area contributed by atoms with E-state index in [0.29, 0.717) is 18.8 Å². The van der Waals surface area contributed by atoms with E-state index in [1.165, 1.54) is 21.1 Å². The lowest BCUT2D eigenvalue weighted by molar-refractivity contribution is -0.135. The predicted molar refractivity (Wildman–Crippen MR) is 142 cm³/mol. The van der Waals surface area contributed by atoms with Crippen molar-refractivity contribution in [3.05, 3.63) is 76.7 Å². The van der Waals surface area contributed by atoms with Crippen LogP contribution in [0.1, 0.15) is 34.1 Å². The standard InChI is InChI=1S/C28H34N4O4S/c1-19-10-11-20(2)26(16-19)30-12-14-31(15-13-30)28(33)25-18-32(17-24(25)23-8-6-5-7-9-23)37(34,35)27-21(3)29-36-22(27)4/h5-11,16,24-25H,12-15,17-18H2,1-4H3/t24-,25-/m0/s1. The van der Waals surface area contributed by atoms with Gasteiger partial charge >= 0.3 is 0 Å². The van der Waals surface area contributed by atoms with Gasteiger partial charge in [0.1, 0.15) is 10.6 Å². The number of benzene rings is 2. The maximum absolute atomic E-state index is 13.9. The van der Waals surface area contributed by atoms with Crippen molar-refractivity contribution in [2.45, 2.75) is 38.5 Å². The third-order valence-corrected chi connectivity index (χ3v) is 9.77. The Morgan fingerprint density at radius 2 is 1.65 bits per heavy atom. The highest BCUT2D eigenvalue weighted by molar-refractivity contribution is 7.89. The van der Waals surface area contributed by atoms with E-state index in [2.05, 4.69) is 42.1 Å². The average molecular weight is 523 g/mol. The summed E-state index contributed by atoms with van der Waals surface area (Å²) >= 11 is 0. The summed E-state index contributed by atoms with van der Waals surface area (Å²) in [6.07, 6.45) is 0. The van der Waals surface area contributed by atoms with Crippen LogP contribution in [0.3, 0.4) is 0 Å². The minimum atomic E-state index is -3.85. The first-order chi connectivity index (χ1) is 17.7. The molecule has 9 heteroatoms. The molecule has 8 nitrogen and oxygen atoms in total. The van der Waals surface area contributed by atoms with E-state index in [1.807, 2.05) is 35.2 Å². The Morgan fingerprint density at radius 1 is 0.946 bits per heavy atom. The summed E-state index contributed by atoms with van der Waals surface area (Å²) in [5, 5.41) is 3.84. The van der Waals surface area contributed by atoms with Gasteiger partial charge in [0.05, 0.1) is 5.92 Å². The normalized spacial score (nSPS) is 21.0. The molecule has 196 valence electrons. The first-order valence-electron chi connectivity index (χ1n) is 12.8. The van der Waals surface area contributed by atoms with Crippen LogP contribution in [0.2, 0.25) is 0 Å². The zero-order chi connectivity index (χ0) is 26.3. The molecule has 0 saturated carbocycles. The summed E-state index contributed by atoms with van der Waals surface area (Å²) in [7, 11) is -3.85. The number of sulfonamides is 1. The number of rotatable bonds is 5. The van der Waals surface area contributed by atoms with Crippen molar-refractivity contribution >= 4 is 21.6 Å². The van der Waals surface area contributed by atoms with Crippen molar-refractivity contribution in [1.29, 1.82) is 0 Å². The molecule has 0 N–H and O–H groups in total. The van der Waals surface area contributed by atoms with Crippen LogP contribution in [0.25, 0.3) is 0 Å². The Labute approximate surface area is 218 Å². The fraction of sp³-hybridized carbons (Fsp3) is 0.429. The van der Waals surface area contributed by atoms with Crippen molar-refractivity contribution in [3.8, 4) is 0 Å². The highest BCUT2D eigenvalue weighted by Gasteiger charge is 2.46. The molecule has 2 atom stereocenters. The zero-order valence-corrected chi connectivity index (χ0v) is 22.7. The molecule has 2 aromatic carbocycles. The minimum absolute atomic E-state index is 0.0194. The monoisotopic (exact) mass is 522 g/mol. The molecule has 2 aliphatic heterocycles. The van der Waals surface area contributed by atoms with Crippen LogP contribution >= 0.6 is 0 Å². The fourth-order valence-corrected chi connectivity index (χ4v) is 7.47. The van der Waals surface area contributed by atoms with Crippen LogP contribution in [-0.4, -0.2) is 68.0 Å². The molecule has 0 aliphatic carbocycles. The van der Waals surface area contributed by atoms with Gasteiger partial charge < -0.3 is 14.3 Å². The van der Waals surface area contributed by atoms with Gasteiger partial charge in [-0.05, 0) is 50.5 Å². The van der Waals surface area contributed by atoms with Crippen molar-refractivity contribution in [1.82, 2.24) is 14.4 Å². The first-order valence-corrected chi connectivity index (χ1v) is 14.2. The number of aromatic nitrogens is 1. The van der Waals surface area contributed by atoms with Gasteiger partial charge in [-0.2, -0.15) is 4.31 Å². The Hall–Kier alpha value is -3.17. The molecule has 5 rings (SSSR count). The Bertz CT molecular complexity index is 1380. The lowest BCUT2D eigenvalue weighted by Gasteiger charge is -2.38. The van der Waals surface area contributed by atoms with E-state index < -0.39 is 15.9 Å². The SMILES string of the molecule is Cc1ccc(C)c(N2CCN(C(=O)[C@H]3CN(S(=O)(=O)c4c(C)noc4C)C[C@H]3c3ccccc3)CC2)c1. The second kappa shape index (κ2) is 9.95. The zero-order valence-electron chi connectivity index (χ0n) is 21.8. The van der Waals surface area contributed by atoms with E-state index in [-0.39, 0.29) is 35.6 Å². The molecule has 1 amide bonds. The van der Waals surface area contributed by atoms with Crippen molar-refractivity contribution in [2.75, 3.05) is 44.2 Å². The number of nitrogens with zero attached hydrogens (tertiary/aromatic N) is 4. The molecular weight excluding hydrogens is 488 g/mol. The van der Waals surface area contributed by atoms with Gasteiger partial charge in [-0.15, -0.1) is 0 Å². The maximum Gasteiger partial charge on any atom is 0.248 e. The molecule has 0 unspecified atom stereocenters. The molecule has 1 aromatic heterocycles. The second-order valence-electron chi connectivity index (χ2n) is 10.2. The van der Waals surface area contributed by atoms with E-state index >= 15 is 0 Å². The highest BCUT2D eigenvalue weighted by Crippen LogP contribution is 2.38. The second-order valence-corrected chi connectivity index (χ2v) is 12.1. The van der Waals surface area contributed by atoms with Gasteiger partial charge in [0.15, 0.2) is 5.76 Å². The number of hydrogen-bond acceptors (Lipinski definition) is 6. The average Bonchev–Trinajstić information content (AvgIpc) is 3.50. The fourth-order valence-electron chi connectivity index (χ4n) is 5.69. The third-order valence-electron chi connectivity index (χ3n) is 7.69. The summed E-state index contributed by atoms with van der Waals surface area (Å²) in [5.74, 6) is -0.386. The number of piperazine rings is 1. The topological polar surface area (TPSA) is 87.0 Å². The van der Waals surface area contributed by atoms with Crippen LogP contribution in [0.4, 0.5) is 5.69 Å². The van der Waals surface area contributed by atoms with E-state index in [4.69, 9.17) is 4.52 Å². The number of anilines is 1. The van der Waals surface area contributed by atoms with Gasteiger partial charge in [0.2, 0.25) is 15.9 Å². The van der Waals surface area contributed by atoms with E-state index in [0.717, 1.165) is 18.7 Å². The summed E-state index contributed by atoms with van der Waals surface area (Å²) in [6.45, 7) is 10.6. The van der Waals surface area contributed by atoms with Crippen LogP contribution < -0.4 is 4.90 Å². The van der Waals surface area contributed by atoms with Crippen LogP contribution in [0, 0.1) is 33.6 Å². The molecule has 2 aliphatic rings. The molecule has 2 saturated heterocycles. The molecule has 3 heterocycles. The molecule has 0 spiro atoms. The Balaban J connectivity index is 1.37. The first kappa shape index (κ1) is 25.5. The molecular formula is C28H34N4O4S. The lowest BCUT2D eigenvalue weighted by Crippen LogP contribution is -2.51. The van der Waals surface area contributed by atoms with Gasteiger partial charge in [0, 0.05) is 50.9 Å². The van der Waals surface area contributed by atoms with Crippen LogP contribution in [0.5, 0.6) is 0 Å². The number of carbonyl (C=O) groups is 1.